The molecule has 0 bridgehead atoms. The van der Waals surface area contributed by atoms with Crippen LogP contribution in [0.5, 0.6) is 5.75 Å². The first-order chi connectivity index (χ1) is 15.9. The molecule has 3 aromatic rings. The van der Waals surface area contributed by atoms with Gasteiger partial charge in [-0.2, -0.15) is 0 Å². The maximum absolute atomic E-state index is 12.5. The third kappa shape index (κ3) is 5.56. The minimum absolute atomic E-state index is 0.137. The summed E-state index contributed by atoms with van der Waals surface area (Å²) < 4.78 is 12.7. The summed E-state index contributed by atoms with van der Waals surface area (Å²) in [5.74, 6) is 1.02. The lowest BCUT2D eigenvalue weighted by Crippen LogP contribution is -2.16. The van der Waals surface area contributed by atoms with E-state index in [-0.39, 0.29) is 11.7 Å². The number of aryl methyl sites for hydroxylation is 1. The number of methoxy groups -OCH3 is 1. The van der Waals surface area contributed by atoms with Gasteiger partial charge in [0.2, 0.25) is 5.91 Å². The second-order valence-electron chi connectivity index (χ2n) is 7.84. The topological polar surface area (TPSA) is 95.3 Å². The summed E-state index contributed by atoms with van der Waals surface area (Å²) in [7, 11) is 3.19. The van der Waals surface area contributed by atoms with Gasteiger partial charge in [0.1, 0.15) is 10.8 Å². The van der Waals surface area contributed by atoms with Gasteiger partial charge in [0, 0.05) is 17.5 Å². The molecule has 1 aliphatic carbocycles. The van der Waals surface area contributed by atoms with Crippen LogP contribution in [0.3, 0.4) is 0 Å². The molecule has 1 amide bonds. The lowest BCUT2D eigenvalue weighted by atomic mass is 10.2. The van der Waals surface area contributed by atoms with Gasteiger partial charge in [0.15, 0.2) is 11.0 Å². The normalized spacial score (nSPS) is 13.8. The third-order valence-corrected chi connectivity index (χ3v) is 7.38. The molecule has 1 aliphatic rings. The lowest BCUT2D eigenvalue weighted by Gasteiger charge is -2.13. The number of rotatable bonds is 8. The number of thiophene rings is 1. The summed E-state index contributed by atoms with van der Waals surface area (Å²) in [4.78, 5) is 25.3. The van der Waals surface area contributed by atoms with Crippen molar-refractivity contribution in [1.82, 2.24) is 14.8 Å². The minimum atomic E-state index is -0.472. The van der Waals surface area contributed by atoms with Crippen LogP contribution in [-0.4, -0.2) is 45.6 Å². The number of benzene rings is 1. The van der Waals surface area contributed by atoms with Gasteiger partial charge in [-0.05, 0) is 62.9 Å². The number of thioether (sulfide) groups is 1. The van der Waals surface area contributed by atoms with Crippen molar-refractivity contribution in [2.45, 2.75) is 43.9 Å². The number of nitrogens with zero attached hydrogens (tertiary/aromatic N) is 3. The van der Waals surface area contributed by atoms with Gasteiger partial charge in [-0.25, -0.2) is 4.79 Å². The monoisotopic (exact) mass is 486 g/mol. The van der Waals surface area contributed by atoms with Gasteiger partial charge in [-0.3, -0.25) is 4.79 Å². The fraction of sp³-hybridized carbons (Fsp3) is 0.391. The molecule has 1 aromatic carbocycles. The van der Waals surface area contributed by atoms with Gasteiger partial charge in [0.05, 0.1) is 24.5 Å². The Kier molecular flexibility index (Phi) is 7.34. The summed E-state index contributed by atoms with van der Waals surface area (Å²) in [6, 6.07) is 9.58. The SMILES string of the molecule is COC(=O)c1cc(C)sc1NC(=O)CSc1nnc(-c2ccc(OC3CCCC3)cc2)n1C. The van der Waals surface area contributed by atoms with Crippen molar-refractivity contribution in [3.05, 3.63) is 40.8 Å². The van der Waals surface area contributed by atoms with E-state index in [4.69, 9.17) is 9.47 Å². The van der Waals surface area contributed by atoms with Crippen LogP contribution >= 0.6 is 23.1 Å². The average molecular weight is 487 g/mol. The van der Waals surface area contributed by atoms with Crippen molar-refractivity contribution < 1.29 is 19.1 Å². The number of nitrogens with one attached hydrogen (secondary N) is 1. The fourth-order valence-electron chi connectivity index (χ4n) is 3.73. The number of hydrogen-bond donors (Lipinski definition) is 1. The van der Waals surface area contributed by atoms with Crippen molar-refractivity contribution in [1.29, 1.82) is 0 Å². The molecule has 0 radical (unpaired) electrons. The quantitative estimate of drug-likeness (QED) is 0.364. The Hall–Kier alpha value is -2.85. The molecular weight excluding hydrogens is 460 g/mol. The molecule has 0 saturated heterocycles. The van der Waals surface area contributed by atoms with Crippen molar-refractivity contribution in [3.63, 3.8) is 0 Å². The number of ether oxygens (including phenoxy) is 2. The average Bonchev–Trinajstić information content (AvgIpc) is 3.53. The van der Waals surface area contributed by atoms with Crippen molar-refractivity contribution in [3.8, 4) is 17.1 Å². The van der Waals surface area contributed by atoms with Crippen molar-refractivity contribution in [2.24, 2.45) is 7.05 Å². The predicted molar refractivity (Wildman–Crippen MR) is 129 cm³/mol. The smallest absolute Gasteiger partial charge is 0.340 e. The molecule has 174 valence electrons. The Morgan fingerprint density at radius 1 is 1.21 bits per heavy atom. The first-order valence-corrected chi connectivity index (χ1v) is 12.5. The summed E-state index contributed by atoms with van der Waals surface area (Å²) in [5.41, 5.74) is 1.29. The zero-order chi connectivity index (χ0) is 23.4. The summed E-state index contributed by atoms with van der Waals surface area (Å²) in [5, 5.41) is 12.4. The third-order valence-electron chi connectivity index (χ3n) is 5.40. The number of anilines is 1. The number of amides is 1. The largest absolute Gasteiger partial charge is 0.490 e. The maximum atomic E-state index is 12.5. The van der Waals surface area contributed by atoms with E-state index in [9.17, 15) is 9.59 Å². The van der Waals surface area contributed by atoms with Gasteiger partial charge in [-0.15, -0.1) is 21.5 Å². The van der Waals surface area contributed by atoms with Crippen LogP contribution in [0.2, 0.25) is 0 Å². The Morgan fingerprint density at radius 3 is 2.64 bits per heavy atom. The Labute approximate surface area is 200 Å². The Morgan fingerprint density at radius 2 is 1.94 bits per heavy atom. The first kappa shape index (κ1) is 23.3. The van der Waals surface area contributed by atoms with E-state index >= 15 is 0 Å². The van der Waals surface area contributed by atoms with E-state index < -0.39 is 5.97 Å². The lowest BCUT2D eigenvalue weighted by molar-refractivity contribution is -0.113. The van der Waals surface area contributed by atoms with E-state index in [2.05, 4.69) is 15.5 Å². The highest BCUT2D eigenvalue weighted by Crippen LogP contribution is 2.30. The molecule has 2 heterocycles. The van der Waals surface area contributed by atoms with Crippen LogP contribution in [0.25, 0.3) is 11.4 Å². The highest BCUT2D eigenvalue weighted by atomic mass is 32.2. The fourth-order valence-corrected chi connectivity index (χ4v) is 5.36. The van der Waals surface area contributed by atoms with Crippen LogP contribution < -0.4 is 10.1 Å². The van der Waals surface area contributed by atoms with Crippen LogP contribution in [0, 0.1) is 6.92 Å². The van der Waals surface area contributed by atoms with Gasteiger partial charge < -0.3 is 19.4 Å². The standard InChI is InChI=1S/C23H26N4O4S2/c1-14-12-18(22(29)30-3)21(33-14)24-19(28)13-32-23-26-25-20(27(23)2)15-8-10-17(11-9-15)31-16-6-4-5-7-16/h8-12,16H,4-7,13H2,1-3H3,(H,24,28). The van der Waals surface area contributed by atoms with Gasteiger partial charge in [-0.1, -0.05) is 11.8 Å². The second-order valence-corrected chi connectivity index (χ2v) is 10.0. The molecule has 0 unspecified atom stereocenters. The molecule has 1 N–H and O–H groups in total. The van der Waals surface area contributed by atoms with E-state index in [0.717, 1.165) is 29.0 Å². The molecule has 1 fully saturated rings. The molecule has 1 saturated carbocycles. The number of carbonyl (C=O) groups is 2. The number of aromatic nitrogens is 3. The molecule has 0 spiro atoms. The van der Waals surface area contributed by atoms with Crippen LogP contribution in [0.15, 0.2) is 35.5 Å². The maximum Gasteiger partial charge on any atom is 0.340 e. The minimum Gasteiger partial charge on any atom is -0.490 e. The molecular formula is C23H26N4O4S2. The van der Waals surface area contributed by atoms with Crippen LogP contribution in [0.4, 0.5) is 5.00 Å². The molecule has 0 atom stereocenters. The zero-order valence-corrected chi connectivity index (χ0v) is 20.4. The van der Waals surface area contributed by atoms with Crippen molar-refractivity contribution in [2.75, 3.05) is 18.2 Å². The number of esters is 1. The molecule has 0 aliphatic heterocycles. The summed E-state index contributed by atoms with van der Waals surface area (Å²) >= 11 is 2.62. The van der Waals surface area contributed by atoms with Crippen LogP contribution in [0.1, 0.15) is 40.9 Å². The highest BCUT2D eigenvalue weighted by molar-refractivity contribution is 7.99. The first-order valence-electron chi connectivity index (χ1n) is 10.7. The van der Waals surface area contributed by atoms with Gasteiger partial charge >= 0.3 is 5.97 Å². The number of carbonyl (C=O) groups excluding carboxylic acids is 2. The van der Waals surface area contributed by atoms with Crippen molar-refractivity contribution >= 4 is 40.0 Å². The van der Waals surface area contributed by atoms with E-state index in [1.807, 2.05) is 42.8 Å². The van der Waals surface area contributed by atoms with E-state index in [1.54, 1.807) is 6.07 Å². The summed E-state index contributed by atoms with van der Waals surface area (Å²) in [6.45, 7) is 1.87. The predicted octanol–water partition coefficient (Wildman–Crippen LogP) is 4.69. The van der Waals surface area contributed by atoms with E-state index in [0.29, 0.717) is 27.6 Å². The van der Waals surface area contributed by atoms with E-state index in [1.165, 1.54) is 43.1 Å². The summed E-state index contributed by atoms with van der Waals surface area (Å²) in [6.07, 6.45) is 5.03. The second kappa shape index (κ2) is 10.4. The number of hydrogen-bond acceptors (Lipinski definition) is 8. The molecule has 8 nitrogen and oxygen atoms in total. The highest BCUT2D eigenvalue weighted by Gasteiger charge is 2.19. The Bertz CT molecular complexity index is 1130. The zero-order valence-electron chi connectivity index (χ0n) is 18.8. The molecule has 33 heavy (non-hydrogen) atoms. The molecule has 4 rings (SSSR count). The van der Waals surface area contributed by atoms with Crippen LogP contribution in [-0.2, 0) is 16.6 Å². The molecule has 10 heteroatoms. The van der Waals surface area contributed by atoms with Gasteiger partial charge in [0.25, 0.3) is 0 Å². The molecule has 2 aromatic heterocycles. The Balaban J connectivity index is 1.36.